The number of nitrogens with zero attached hydrogens (tertiary/aromatic N) is 1. The highest BCUT2D eigenvalue weighted by atomic mass is 127. The molecule has 0 atom stereocenters. The van der Waals surface area contributed by atoms with Crippen LogP contribution in [0.4, 0.5) is 0 Å². The summed E-state index contributed by atoms with van der Waals surface area (Å²) < 4.78 is 7.09. The highest BCUT2D eigenvalue weighted by molar-refractivity contribution is 14.1. The summed E-state index contributed by atoms with van der Waals surface area (Å²) in [6, 6.07) is 21.2. The van der Waals surface area contributed by atoms with Crippen molar-refractivity contribution in [3.05, 3.63) is 97.4 Å². The van der Waals surface area contributed by atoms with Crippen LogP contribution in [0.5, 0.6) is 5.75 Å². The van der Waals surface area contributed by atoms with E-state index >= 15 is 0 Å². The first-order chi connectivity index (χ1) is 16.9. The van der Waals surface area contributed by atoms with Crippen LogP contribution in [-0.2, 0) is 4.79 Å². The molecule has 4 rings (SSSR count). The Morgan fingerprint density at radius 2 is 1.71 bits per heavy atom. The fourth-order valence-corrected chi connectivity index (χ4v) is 5.07. The van der Waals surface area contributed by atoms with E-state index in [1.807, 2.05) is 36.4 Å². The zero-order chi connectivity index (χ0) is 24.8. The number of hydrazone groups is 1. The van der Waals surface area contributed by atoms with Crippen LogP contribution in [0.15, 0.2) is 77.9 Å². The molecule has 0 saturated carbocycles. The van der Waals surface area contributed by atoms with Crippen molar-refractivity contribution in [1.29, 1.82) is 0 Å². The summed E-state index contributed by atoms with van der Waals surface area (Å²) in [6.45, 7) is -0.256. The second kappa shape index (κ2) is 11.4. The molecule has 0 unspecified atom stereocenters. The molecule has 0 spiro atoms. The number of hydrogen-bond acceptors (Lipinski definition) is 6. The Morgan fingerprint density at radius 1 is 1.00 bits per heavy atom. The monoisotopic (exact) mass is 617 g/mol. The summed E-state index contributed by atoms with van der Waals surface area (Å²) >= 11 is 9.64. The van der Waals surface area contributed by atoms with Gasteiger partial charge in [-0.25, -0.2) is 10.2 Å². The van der Waals surface area contributed by atoms with E-state index < -0.39 is 17.8 Å². The lowest BCUT2D eigenvalue weighted by Gasteiger charge is -2.06. The van der Waals surface area contributed by atoms with E-state index in [4.69, 9.17) is 16.3 Å². The number of esters is 1. The molecule has 35 heavy (non-hydrogen) atoms. The summed E-state index contributed by atoms with van der Waals surface area (Å²) in [5.74, 6) is -0.971. The highest BCUT2D eigenvalue weighted by Gasteiger charge is 2.17. The molecule has 0 fully saturated rings. The first-order valence-electron chi connectivity index (χ1n) is 10.3. The summed E-state index contributed by atoms with van der Waals surface area (Å²) in [5.41, 5.74) is 3.52. The zero-order valence-electron chi connectivity index (χ0n) is 18.0. The SMILES string of the molecule is O=C(CNC(=O)c1sc2ccccc2c1Cl)N/N=C\c1ccc(OC(=O)c2ccccc2I)cc1. The van der Waals surface area contributed by atoms with Crippen LogP contribution in [0.1, 0.15) is 25.6 Å². The zero-order valence-corrected chi connectivity index (χ0v) is 21.7. The molecule has 0 aliphatic carbocycles. The minimum Gasteiger partial charge on any atom is -0.423 e. The first-order valence-corrected chi connectivity index (χ1v) is 12.5. The van der Waals surface area contributed by atoms with E-state index in [2.05, 4.69) is 38.4 Å². The third-order valence-corrected chi connectivity index (χ3v) is 7.35. The largest absolute Gasteiger partial charge is 0.423 e. The molecule has 0 aliphatic rings. The topological polar surface area (TPSA) is 96.9 Å². The van der Waals surface area contributed by atoms with E-state index in [9.17, 15) is 14.4 Å². The van der Waals surface area contributed by atoms with Crippen LogP contribution in [0, 0.1) is 3.57 Å². The van der Waals surface area contributed by atoms with Gasteiger partial charge in [0.15, 0.2) is 0 Å². The lowest BCUT2D eigenvalue weighted by atomic mass is 10.2. The summed E-state index contributed by atoms with van der Waals surface area (Å²) in [5, 5.41) is 7.60. The smallest absolute Gasteiger partial charge is 0.344 e. The van der Waals surface area contributed by atoms with Gasteiger partial charge in [0.25, 0.3) is 11.8 Å². The molecule has 0 bridgehead atoms. The molecule has 7 nitrogen and oxygen atoms in total. The molecule has 2 N–H and O–H groups in total. The lowest BCUT2D eigenvalue weighted by Crippen LogP contribution is -2.34. The van der Waals surface area contributed by atoms with E-state index in [-0.39, 0.29) is 6.54 Å². The number of ether oxygens (including phenoxy) is 1. The molecule has 0 aliphatic heterocycles. The van der Waals surface area contributed by atoms with Gasteiger partial charge in [-0.05, 0) is 70.6 Å². The Kier molecular flexibility index (Phi) is 8.11. The maximum absolute atomic E-state index is 12.4. The van der Waals surface area contributed by atoms with Gasteiger partial charge < -0.3 is 10.1 Å². The summed E-state index contributed by atoms with van der Waals surface area (Å²) in [7, 11) is 0. The Balaban J connectivity index is 1.26. The second-order valence-corrected chi connectivity index (χ2v) is 9.75. The van der Waals surface area contributed by atoms with Gasteiger partial charge in [0.1, 0.15) is 10.6 Å². The lowest BCUT2D eigenvalue weighted by molar-refractivity contribution is -0.120. The Hall–Kier alpha value is -3.28. The number of hydrogen-bond donors (Lipinski definition) is 2. The van der Waals surface area contributed by atoms with Crippen molar-refractivity contribution in [1.82, 2.24) is 10.7 Å². The van der Waals surface area contributed by atoms with Crippen LogP contribution in [-0.4, -0.2) is 30.5 Å². The van der Waals surface area contributed by atoms with E-state index in [0.29, 0.717) is 26.8 Å². The van der Waals surface area contributed by atoms with Crippen LogP contribution in [0.2, 0.25) is 5.02 Å². The van der Waals surface area contributed by atoms with Gasteiger partial charge in [-0.15, -0.1) is 11.3 Å². The maximum Gasteiger partial charge on any atom is 0.344 e. The van der Waals surface area contributed by atoms with Crippen molar-refractivity contribution in [2.45, 2.75) is 0 Å². The minimum atomic E-state index is -0.491. The Morgan fingerprint density at radius 3 is 2.46 bits per heavy atom. The standard InChI is InChI=1S/C25H17ClIN3O4S/c26-22-18-6-2-4-8-20(18)35-23(22)24(32)28-14-21(31)30-29-13-15-9-11-16(12-10-15)34-25(33)17-5-1-3-7-19(17)27/h1-13H,14H2,(H,28,32)(H,30,31)/b29-13-. The normalized spacial score (nSPS) is 10.9. The summed E-state index contributed by atoms with van der Waals surface area (Å²) in [6.07, 6.45) is 1.44. The van der Waals surface area contributed by atoms with Crippen molar-refractivity contribution in [3.63, 3.8) is 0 Å². The molecule has 176 valence electrons. The van der Waals surface area contributed by atoms with Gasteiger partial charge in [0.2, 0.25) is 0 Å². The third-order valence-electron chi connectivity index (χ3n) is 4.74. The predicted octanol–water partition coefficient (Wildman–Crippen LogP) is 5.26. The van der Waals surface area contributed by atoms with Crippen molar-refractivity contribution in [2.75, 3.05) is 6.54 Å². The molecular formula is C25H17ClIN3O4S. The molecule has 3 aromatic carbocycles. The van der Waals surface area contributed by atoms with Gasteiger partial charge in [-0.1, -0.05) is 41.9 Å². The van der Waals surface area contributed by atoms with Crippen LogP contribution in [0.25, 0.3) is 10.1 Å². The van der Waals surface area contributed by atoms with Crippen LogP contribution >= 0.6 is 45.5 Å². The molecule has 0 saturated heterocycles. The number of amides is 2. The third kappa shape index (κ3) is 6.24. The van der Waals surface area contributed by atoms with Crippen molar-refractivity contribution < 1.29 is 19.1 Å². The fraction of sp³-hybridized carbons (Fsp3) is 0.0400. The maximum atomic E-state index is 12.4. The quantitative estimate of drug-likeness (QED) is 0.0973. The molecule has 4 aromatic rings. The first kappa shape index (κ1) is 24.8. The molecule has 0 radical (unpaired) electrons. The minimum absolute atomic E-state index is 0.256. The molecule has 1 aromatic heterocycles. The van der Waals surface area contributed by atoms with E-state index in [1.54, 1.807) is 36.4 Å². The van der Waals surface area contributed by atoms with Crippen LogP contribution in [0.3, 0.4) is 0 Å². The number of carbonyl (C=O) groups is 3. The highest BCUT2D eigenvalue weighted by Crippen LogP contribution is 2.34. The molecular weight excluding hydrogens is 601 g/mol. The average Bonchev–Trinajstić information content (AvgIpc) is 3.20. The number of fused-ring (bicyclic) bond motifs is 1. The fourth-order valence-electron chi connectivity index (χ4n) is 3.03. The Labute approximate surface area is 223 Å². The number of thiophene rings is 1. The Bertz CT molecular complexity index is 1440. The molecule has 10 heteroatoms. The van der Waals surface area contributed by atoms with Crippen molar-refractivity contribution in [3.8, 4) is 5.75 Å². The molecule has 2 amide bonds. The van der Waals surface area contributed by atoms with Gasteiger partial charge in [-0.3, -0.25) is 9.59 Å². The van der Waals surface area contributed by atoms with Gasteiger partial charge in [0, 0.05) is 13.7 Å². The average molecular weight is 618 g/mol. The number of rotatable bonds is 7. The number of carbonyl (C=O) groups excluding carboxylic acids is 3. The van der Waals surface area contributed by atoms with Crippen molar-refractivity contribution >= 4 is 79.6 Å². The van der Waals surface area contributed by atoms with Crippen LogP contribution < -0.4 is 15.5 Å². The number of nitrogens with one attached hydrogen (secondary N) is 2. The molecule has 1 heterocycles. The summed E-state index contributed by atoms with van der Waals surface area (Å²) in [4.78, 5) is 37.1. The van der Waals surface area contributed by atoms with Gasteiger partial charge in [0.05, 0.1) is 23.3 Å². The number of halogens is 2. The van der Waals surface area contributed by atoms with E-state index in [0.717, 1.165) is 13.7 Å². The van der Waals surface area contributed by atoms with Gasteiger partial charge >= 0.3 is 5.97 Å². The predicted molar refractivity (Wildman–Crippen MR) is 145 cm³/mol. The van der Waals surface area contributed by atoms with E-state index in [1.165, 1.54) is 17.6 Å². The van der Waals surface area contributed by atoms with Crippen molar-refractivity contribution in [2.24, 2.45) is 5.10 Å². The number of benzene rings is 3. The second-order valence-electron chi connectivity index (χ2n) is 7.16. The van der Waals surface area contributed by atoms with Gasteiger partial charge in [-0.2, -0.15) is 5.10 Å².